The molecule has 1 aliphatic rings. The Morgan fingerprint density at radius 2 is 1.89 bits per heavy atom. The van der Waals surface area contributed by atoms with E-state index in [1.54, 1.807) is 0 Å². The molecule has 0 aromatic heterocycles. The van der Waals surface area contributed by atoms with Gasteiger partial charge in [0.05, 0.1) is 0 Å². The zero-order valence-electron chi connectivity index (χ0n) is 11.1. The highest BCUT2D eigenvalue weighted by atomic mass is 16.4. The van der Waals surface area contributed by atoms with E-state index in [1.807, 2.05) is 18.9 Å². The number of hydrogen-bond acceptors (Lipinski definition) is 3. The van der Waals surface area contributed by atoms with Crippen LogP contribution < -0.4 is 10.7 Å². The minimum absolute atomic E-state index is 0.0883. The standard InChI is InChI=1S/C12H23N3O3/c1-3-9(2)10(11(16)17)13-12(18)14-15-7-5-4-6-8-15/h9-10H,3-8H2,1-2H3,(H,16,17)(H2,13,14,18). The topological polar surface area (TPSA) is 81.7 Å². The second kappa shape index (κ2) is 7.20. The van der Waals surface area contributed by atoms with Gasteiger partial charge in [-0.05, 0) is 18.8 Å². The predicted molar refractivity (Wildman–Crippen MR) is 68.0 cm³/mol. The normalized spacial score (nSPS) is 19.9. The highest BCUT2D eigenvalue weighted by Crippen LogP contribution is 2.08. The highest BCUT2D eigenvalue weighted by Gasteiger charge is 2.25. The second-order valence-electron chi connectivity index (χ2n) is 4.83. The number of amides is 2. The lowest BCUT2D eigenvalue weighted by Crippen LogP contribution is -2.54. The molecule has 2 unspecified atom stereocenters. The van der Waals surface area contributed by atoms with Gasteiger partial charge in [0.25, 0.3) is 0 Å². The van der Waals surface area contributed by atoms with Crippen molar-refractivity contribution in [2.75, 3.05) is 13.1 Å². The van der Waals surface area contributed by atoms with Crippen molar-refractivity contribution >= 4 is 12.0 Å². The predicted octanol–water partition coefficient (Wildman–Crippen LogP) is 1.19. The van der Waals surface area contributed by atoms with Gasteiger partial charge in [0.15, 0.2) is 0 Å². The third-order valence-electron chi connectivity index (χ3n) is 3.38. The lowest BCUT2D eigenvalue weighted by molar-refractivity contribution is -0.140. The lowest BCUT2D eigenvalue weighted by Gasteiger charge is -2.28. The molecule has 1 aliphatic heterocycles. The third kappa shape index (κ3) is 4.52. The van der Waals surface area contributed by atoms with Crippen LogP contribution >= 0.6 is 0 Å². The molecule has 6 heteroatoms. The lowest BCUT2D eigenvalue weighted by atomic mass is 10.00. The Labute approximate surface area is 108 Å². The summed E-state index contributed by atoms with van der Waals surface area (Å²) in [7, 11) is 0. The number of nitrogens with one attached hydrogen (secondary N) is 2. The van der Waals surface area contributed by atoms with E-state index in [1.165, 1.54) is 6.42 Å². The molecule has 0 spiro atoms. The summed E-state index contributed by atoms with van der Waals surface area (Å²) in [6.07, 6.45) is 4.02. The van der Waals surface area contributed by atoms with Crippen LogP contribution in [0.5, 0.6) is 0 Å². The van der Waals surface area contributed by atoms with Crippen LogP contribution in [0.25, 0.3) is 0 Å². The molecule has 3 N–H and O–H groups in total. The summed E-state index contributed by atoms with van der Waals surface area (Å²) in [6.45, 7) is 5.38. The number of hydrogen-bond donors (Lipinski definition) is 3. The Morgan fingerprint density at radius 3 is 2.39 bits per heavy atom. The van der Waals surface area contributed by atoms with E-state index in [0.29, 0.717) is 6.42 Å². The molecule has 0 saturated carbocycles. The van der Waals surface area contributed by atoms with Crippen molar-refractivity contribution in [3.05, 3.63) is 0 Å². The molecule has 18 heavy (non-hydrogen) atoms. The molecule has 0 aromatic rings. The number of carboxylic acid groups (broad SMARTS) is 1. The van der Waals surface area contributed by atoms with Crippen LogP contribution in [-0.2, 0) is 4.79 Å². The number of piperidine rings is 1. The van der Waals surface area contributed by atoms with E-state index in [-0.39, 0.29) is 5.92 Å². The van der Waals surface area contributed by atoms with Crippen LogP contribution in [0.15, 0.2) is 0 Å². The van der Waals surface area contributed by atoms with Gasteiger partial charge in [-0.2, -0.15) is 0 Å². The number of carboxylic acids is 1. The van der Waals surface area contributed by atoms with Crippen LogP contribution in [0.1, 0.15) is 39.5 Å². The first-order valence-corrected chi connectivity index (χ1v) is 6.59. The summed E-state index contributed by atoms with van der Waals surface area (Å²) >= 11 is 0. The van der Waals surface area contributed by atoms with E-state index in [0.717, 1.165) is 25.9 Å². The van der Waals surface area contributed by atoms with Crippen molar-refractivity contribution in [2.45, 2.75) is 45.6 Å². The SMILES string of the molecule is CCC(C)C(NC(=O)NN1CCCCC1)C(=O)O. The van der Waals surface area contributed by atoms with Crippen molar-refractivity contribution < 1.29 is 14.7 Å². The van der Waals surface area contributed by atoms with Gasteiger partial charge in [0.1, 0.15) is 6.04 Å². The molecule has 6 nitrogen and oxygen atoms in total. The number of nitrogens with zero attached hydrogens (tertiary/aromatic N) is 1. The number of carbonyl (C=O) groups excluding carboxylic acids is 1. The fourth-order valence-electron chi connectivity index (χ4n) is 2.01. The van der Waals surface area contributed by atoms with Gasteiger partial charge in [0.2, 0.25) is 0 Å². The molecule has 0 aliphatic carbocycles. The molecule has 1 heterocycles. The molecule has 2 atom stereocenters. The molecule has 0 radical (unpaired) electrons. The Hall–Kier alpha value is -1.30. The molecule has 1 saturated heterocycles. The number of aliphatic carboxylic acids is 1. The summed E-state index contributed by atoms with van der Waals surface area (Å²) in [5.74, 6) is -1.08. The van der Waals surface area contributed by atoms with E-state index in [9.17, 15) is 9.59 Å². The smallest absolute Gasteiger partial charge is 0.330 e. The van der Waals surface area contributed by atoms with Crippen LogP contribution in [0.4, 0.5) is 4.79 Å². The largest absolute Gasteiger partial charge is 0.480 e. The van der Waals surface area contributed by atoms with Crippen LogP contribution in [0, 0.1) is 5.92 Å². The first kappa shape index (κ1) is 14.8. The molecule has 1 fully saturated rings. The Kier molecular flexibility index (Phi) is 5.91. The van der Waals surface area contributed by atoms with Crippen molar-refractivity contribution in [3.63, 3.8) is 0 Å². The van der Waals surface area contributed by atoms with Crippen molar-refractivity contribution in [3.8, 4) is 0 Å². The fraction of sp³-hybridized carbons (Fsp3) is 0.833. The van der Waals surface area contributed by atoms with Crippen LogP contribution in [-0.4, -0.2) is 41.2 Å². The molecule has 0 bridgehead atoms. The molecular formula is C12H23N3O3. The van der Waals surface area contributed by atoms with Crippen molar-refractivity contribution in [1.29, 1.82) is 0 Å². The average molecular weight is 257 g/mol. The zero-order valence-corrected chi connectivity index (χ0v) is 11.1. The second-order valence-corrected chi connectivity index (χ2v) is 4.83. The van der Waals surface area contributed by atoms with Gasteiger partial charge >= 0.3 is 12.0 Å². The van der Waals surface area contributed by atoms with Gasteiger partial charge < -0.3 is 10.4 Å². The quantitative estimate of drug-likeness (QED) is 0.691. The first-order chi connectivity index (χ1) is 8.54. The van der Waals surface area contributed by atoms with Crippen LogP contribution in [0.2, 0.25) is 0 Å². The molecule has 2 amide bonds. The van der Waals surface area contributed by atoms with Crippen molar-refractivity contribution in [2.24, 2.45) is 5.92 Å². The highest BCUT2D eigenvalue weighted by molar-refractivity contribution is 5.82. The van der Waals surface area contributed by atoms with Gasteiger partial charge in [-0.15, -0.1) is 0 Å². The average Bonchev–Trinajstić information content (AvgIpc) is 2.36. The van der Waals surface area contributed by atoms with E-state index < -0.39 is 18.0 Å². The Morgan fingerprint density at radius 1 is 1.28 bits per heavy atom. The monoisotopic (exact) mass is 257 g/mol. The van der Waals surface area contributed by atoms with E-state index in [2.05, 4.69) is 10.7 Å². The molecule has 1 rings (SSSR count). The van der Waals surface area contributed by atoms with Crippen molar-refractivity contribution in [1.82, 2.24) is 15.8 Å². The van der Waals surface area contributed by atoms with Gasteiger partial charge in [-0.1, -0.05) is 26.7 Å². The summed E-state index contributed by atoms with van der Waals surface area (Å²) < 4.78 is 0. The minimum Gasteiger partial charge on any atom is -0.480 e. The summed E-state index contributed by atoms with van der Waals surface area (Å²) in [6, 6.07) is -1.26. The maximum Gasteiger partial charge on any atom is 0.330 e. The summed E-state index contributed by atoms with van der Waals surface area (Å²) in [5, 5.41) is 13.4. The van der Waals surface area contributed by atoms with Gasteiger partial charge in [-0.25, -0.2) is 14.6 Å². The summed E-state index contributed by atoms with van der Waals surface area (Å²) in [5.41, 5.74) is 2.70. The molecular weight excluding hydrogens is 234 g/mol. The number of carbonyl (C=O) groups is 2. The van der Waals surface area contributed by atoms with Gasteiger partial charge in [-0.3, -0.25) is 5.43 Å². The van der Waals surface area contributed by atoms with Gasteiger partial charge in [0, 0.05) is 13.1 Å². The Bertz CT molecular complexity index is 290. The maximum absolute atomic E-state index is 11.7. The van der Waals surface area contributed by atoms with Crippen LogP contribution in [0.3, 0.4) is 0 Å². The number of urea groups is 1. The fourth-order valence-corrected chi connectivity index (χ4v) is 2.01. The van der Waals surface area contributed by atoms with E-state index >= 15 is 0 Å². The number of rotatable bonds is 5. The first-order valence-electron chi connectivity index (χ1n) is 6.59. The maximum atomic E-state index is 11.7. The summed E-state index contributed by atoms with van der Waals surface area (Å²) in [4.78, 5) is 22.8. The third-order valence-corrected chi connectivity index (χ3v) is 3.38. The minimum atomic E-state index is -0.988. The number of hydrazine groups is 1. The zero-order chi connectivity index (χ0) is 13.5. The van der Waals surface area contributed by atoms with E-state index in [4.69, 9.17) is 5.11 Å². The molecule has 0 aromatic carbocycles. The Balaban J connectivity index is 2.42. The molecule has 104 valence electrons.